The minimum Gasteiger partial charge on any atom is -0.317 e. The molecule has 0 saturated heterocycles. The van der Waals surface area contributed by atoms with Crippen LogP contribution < -0.4 is 5.32 Å². The average Bonchev–Trinajstić information content (AvgIpc) is 2.38. The second kappa shape index (κ2) is 7.03. The maximum Gasteiger partial charge on any atom is 0.242 e. The fraction of sp³-hybridized carbons (Fsp3) is 0.571. The third-order valence-electron chi connectivity index (χ3n) is 3.24. The van der Waals surface area contributed by atoms with Gasteiger partial charge in [-0.05, 0) is 31.5 Å². The molecule has 0 fully saturated rings. The summed E-state index contributed by atoms with van der Waals surface area (Å²) in [5.41, 5.74) is 0.879. The lowest BCUT2D eigenvalue weighted by molar-refractivity contribution is 0.502. The molecule has 1 rings (SSSR count). The highest BCUT2D eigenvalue weighted by molar-refractivity contribution is 7.89. The third-order valence-corrected chi connectivity index (χ3v) is 5.16. The van der Waals surface area contributed by atoms with Crippen LogP contribution in [0.2, 0.25) is 0 Å². The van der Waals surface area contributed by atoms with Gasteiger partial charge in [0, 0.05) is 20.1 Å². The van der Waals surface area contributed by atoms with E-state index >= 15 is 0 Å². The van der Waals surface area contributed by atoms with Gasteiger partial charge in [0.15, 0.2) is 0 Å². The summed E-state index contributed by atoms with van der Waals surface area (Å²) < 4.78 is 25.8. The molecule has 0 radical (unpaired) electrons. The van der Waals surface area contributed by atoms with E-state index in [1.807, 2.05) is 19.2 Å². The van der Waals surface area contributed by atoms with E-state index in [1.165, 1.54) is 4.31 Å². The van der Waals surface area contributed by atoms with Crippen molar-refractivity contribution in [2.24, 2.45) is 0 Å². The molecule has 0 aliphatic heterocycles. The van der Waals surface area contributed by atoms with Crippen molar-refractivity contribution in [1.82, 2.24) is 9.62 Å². The van der Waals surface area contributed by atoms with Gasteiger partial charge < -0.3 is 5.32 Å². The van der Waals surface area contributed by atoms with E-state index in [1.54, 1.807) is 26.2 Å². The summed E-state index contributed by atoms with van der Waals surface area (Å²) in [6.07, 6.45) is 2.84. The van der Waals surface area contributed by atoms with E-state index in [0.717, 1.165) is 24.8 Å². The number of rotatable bonds is 7. The zero-order valence-electron chi connectivity index (χ0n) is 12.2. The smallest absolute Gasteiger partial charge is 0.242 e. The Morgan fingerprint density at radius 3 is 2.42 bits per heavy atom. The number of hydrogen-bond acceptors (Lipinski definition) is 3. The molecule has 0 aliphatic carbocycles. The van der Waals surface area contributed by atoms with E-state index in [-0.39, 0.29) is 0 Å². The summed E-state index contributed by atoms with van der Waals surface area (Å²) in [6, 6.07) is 7.56. The van der Waals surface area contributed by atoms with Gasteiger partial charge in [0.25, 0.3) is 0 Å². The fourth-order valence-electron chi connectivity index (χ4n) is 2.08. The zero-order chi connectivity index (χ0) is 14.5. The van der Waals surface area contributed by atoms with Gasteiger partial charge >= 0.3 is 0 Å². The Balaban J connectivity index is 3.09. The molecule has 0 amide bonds. The number of likely N-dealkylation sites (N-methyl/N-ethyl adjacent to an activating group) is 1. The van der Waals surface area contributed by atoms with Crippen LogP contribution in [0.1, 0.15) is 25.3 Å². The molecule has 1 atom stereocenters. The molecule has 0 saturated carbocycles. The maximum absolute atomic E-state index is 12.3. The van der Waals surface area contributed by atoms with E-state index < -0.39 is 10.0 Å². The predicted octanol–water partition coefficient (Wildman–Crippen LogP) is 1.87. The Labute approximate surface area is 116 Å². The molecule has 19 heavy (non-hydrogen) atoms. The molecule has 5 heteroatoms. The van der Waals surface area contributed by atoms with Crippen LogP contribution in [0.4, 0.5) is 0 Å². The van der Waals surface area contributed by atoms with Crippen LogP contribution in [0.15, 0.2) is 29.2 Å². The van der Waals surface area contributed by atoms with Crippen molar-refractivity contribution in [3.8, 4) is 0 Å². The van der Waals surface area contributed by atoms with Gasteiger partial charge in [-0.25, -0.2) is 12.7 Å². The summed E-state index contributed by atoms with van der Waals surface area (Å²) in [7, 11) is 1.68. The van der Waals surface area contributed by atoms with Gasteiger partial charge in [-0.1, -0.05) is 31.5 Å². The number of nitrogens with one attached hydrogen (secondary N) is 1. The highest BCUT2D eigenvalue weighted by atomic mass is 32.2. The second-order valence-corrected chi connectivity index (χ2v) is 6.99. The molecule has 0 bridgehead atoms. The lowest BCUT2D eigenvalue weighted by Crippen LogP contribution is -2.29. The normalized spacial score (nSPS) is 13.7. The molecule has 0 heterocycles. The second-order valence-electron chi connectivity index (χ2n) is 4.87. The Morgan fingerprint density at radius 1 is 1.26 bits per heavy atom. The summed E-state index contributed by atoms with van der Waals surface area (Å²) in [6.45, 7) is 2.13. The van der Waals surface area contributed by atoms with Crippen molar-refractivity contribution in [3.63, 3.8) is 0 Å². The van der Waals surface area contributed by atoms with Crippen LogP contribution >= 0.6 is 0 Å². The van der Waals surface area contributed by atoms with Crippen molar-refractivity contribution >= 4 is 10.0 Å². The molecule has 0 aromatic heterocycles. The SMILES string of the molecule is CCCC(Cc1ccccc1S(=O)(=O)N(C)C)NC. The number of benzene rings is 1. The topological polar surface area (TPSA) is 49.4 Å². The molecular weight excluding hydrogens is 260 g/mol. The maximum atomic E-state index is 12.3. The van der Waals surface area contributed by atoms with Crippen molar-refractivity contribution in [1.29, 1.82) is 0 Å². The number of nitrogens with zero attached hydrogens (tertiary/aromatic N) is 1. The Hall–Kier alpha value is -0.910. The van der Waals surface area contributed by atoms with Crippen LogP contribution in [-0.4, -0.2) is 39.9 Å². The van der Waals surface area contributed by atoms with Crippen LogP contribution in [0.25, 0.3) is 0 Å². The largest absolute Gasteiger partial charge is 0.317 e. The van der Waals surface area contributed by atoms with E-state index in [9.17, 15) is 8.42 Å². The lowest BCUT2D eigenvalue weighted by Gasteiger charge is -2.19. The Kier molecular flexibility index (Phi) is 5.97. The first-order valence-corrected chi connectivity index (χ1v) is 8.05. The van der Waals surface area contributed by atoms with Gasteiger partial charge in [-0.15, -0.1) is 0 Å². The third kappa shape index (κ3) is 4.03. The first kappa shape index (κ1) is 16.1. The van der Waals surface area contributed by atoms with Crippen LogP contribution in [0, 0.1) is 0 Å². The van der Waals surface area contributed by atoms with Crippen LogP contribution in [0.5, 0.6) is 0 Å². The Morgan fingerprint density at radius 2 is 1.89 bits per heavy atom. The van der Waals surface area contributed by atoms with Crippen molar-refractivity contribution in [3.05, 3.63) is 29.8 Å². The van der Waals surface area contributed by atoms with Gasteiger partial charge in [0.2, 0.25) is 10.0 Å². The van der Waals surface area contributed by atoms with Gasteiger partial charge in [-0.3, -0.25) is 0 Å². The van der Waals surface area contributed by atoms with Gasteiger partial charge in [0.05, 0.1) is 4.90 Å². The van der Waals surface area contributed by atoms with Gasteiger partial charge in [-0.2, -0.15) is 0 Å². The van der Waals surface area contributed by atoms with Crippen molar-refractivity contribution < 1.29 is 8.42 Å². The summed E-state index contributed by atoms with van der Waals surface area (Å²) in [5, 5.41) is 3.25. The van der Waals surface area contributed by atoms with E-state index in [4.69, 9.17) is 0 Å². The average molecular weight is 284 g/mol. The van der Waals surface area contributed by atoms with Crippen molar-refractivity contribution in [2.45, 2.75) is 37.1 Å². The predicted molar refractivity (Wildman–Crippen MR) is 78.8 cm³/mol. The highest BCUT2D eigenvalue weighted by Crippen LogP contribution is 2.20. The fourth-order valence-corrected chi connectivity index (χ4v) is 3.21. The minimum atomic E-state index is -3.37. The standard InChI is InChI=1S/C14H24N2O2S/c1-5-8-13(15-2)11-12-9-6-7-10-14(12)19(17,18)16(3)4/h6-7,9-10,13,15H,5,8,11H2,1-4H3. The van der Waals surface area contributed by atoms with Crippen molar-refractivity contribution in [2.75, 3.05) is 21.1 Å². The van der Waals surface area contributed by atoms with Gasteiger partial charge in [0.1, 0.15) is 0 Å². The highest BCUT2D eigenvalue weighted by Gasteiger charge is 2.21. The first-order chi connectivity index (χ1) is 8.93. The molecule has 4 nitrogen and oxygen atoms in total. The number of hydrogen-bond donors (Lipinski definition) is 1. The summed E-state index contributed by atoms with van der Waals surface area (Å²) in [4.78, 5) is 0.413. The van der Waals surface area contributed by atoms with E-state index in [2.05, 4.69) is 12.2 Å². The molecular formula is C14H24N2O2S. The van der Waals surface area contributed by atoms with Crippen LogP contribution in [-0.2, 0) is 16.4 Å². The summed E-state index contributed by atoms with van der Waals surface area (Å²) >= 11 is 0. The molecule has 1 N–H and O–H groups in total. The minimum absolute atomic E-state index is 0.309. The summed E-state index contributed by atoms with van der Waals surface area (Å²) in [5.74, 6) is 0. The molecule has 0 spiro atoms. The molecule has 108 valence electrons. The molecule has 1 aromatic rings. The monoisotopic (exact) mass is 284 g/mol. The quantitative estimate of drug-likeness (QED) is 0.831. The zero-order valence-corrected chi connectivity index (χ0v) is 13.0. The molecule has 1 unspecified atom stereocenters. The first-order valence-electron chi connectivity index (χ1n) is 6.61. The number of sulfonamides is 1. The lowest BCUT2D eigenvalue weighted by atomic mass is 10.0. The Bertz CT molecular complexity index is 498. The molecule has 0 aliphatic rings. The molecule has 1 aromatic carbocycles. The van der Waals surface area contributed by atoms with Crippen LogP contribution in [0.3, 0.4) is 0 Å². The van der Waals surface area contributed by atoms with E-state index in [0.29, 0.717) is 10.9 Å².